The summed E-state index contributed by atoms with van der Waals surface area (Å²) in [7, 11) is 0. The van der Waals surface area contributed by atoms with Gasteiger partial charge in [0.15, 0.2) is 11.6 Å². The molecule has 6 heteroatoms. The van der Waals surface area contributed by atoms with Gasteiger partial charge >= 0.3 is 0 Å². The highest BCUT2D eigenvalue weighted by Crippen LogP contribution is 2.39. The molecule has 0 unspecified atom stereocenters. The molecule has 0 radical (unpaired) electrons. The maximum Gasteiger partial charge on any atom is 0.238 e. The quantitative estimate of drug-likeness (QED) is 0.260. The number of H-pyrrole nitrogens is 1. The van der Waals surface area contributed by atoms with Crippen molar-refractivity contribution in [2.45, 2.75) is 0 Å². The molecule has 6 nitrogen and oxygen atoms in total. The molecule has 0 spiro atoms. The normalized spacial score (nSPS) is 11.5. The van der Waals surface area contributed by atoms with Gasteiger partial charge in [-0.1, -0.05) is 97.1 Å². The Hall–Kier alpha value is -5.62. The van der Waals surface area contributed by atoms with Crippen LogP contribution in [0.1, 0.15) is 0 Å². The van der Waals surface area contributed by atoms with E-state index in [1.807, 2.05) is 85.2 Å². The van der Waals surface area contributed by atoms with Gasteiger partial charge in [-0.05, 0) is 17.7 Å². The van der Waals surface area contributed by atoms with Crippen molar-refractivity contribution in [2.24, 2.45) is 0 Å². The number of aromatic amines is 1. The molecule has 4 aromatic heterocycles. The highest BCUT2D eigenvalue weighted by Gasteiger charge is 2.20. The average molecular weight is 515 g/mol. The molecule has 1 N–H and O–H groups in total. The lowest BCUT2D eigenvalue weighted by atomic mass is 10.0. The fourth-order valence-electron chi connectivity index (χ4n) is 5.46. The van der Waals surface area contributed by atoms with Crippen LogP contribution in [0.25, 0.3) is 72.6 Å². The summed E-state index contributed by atoms with van der Waals surface area (Å²) in [6, 6.07) is 36.9. The first kappa shape index (κ1) is 22.4. The molecule has 0 aliphatic heterocycles. The van der Waals surface area contributed by atoms with Crippen LogP contribution in [0.15, 0.2) is 128 Å². The number of nitrogens with one attached hydrogen (secondary N) is 1. The van der Waals surface area contributed by atoms with Crippen molar-refractivity contribution in [2.75, 3.05) is 0 Å². The molecule has 0 saturated heterocycles. The summed E-state index contributed by atoms with van der Waals surface area (Å²) in [4.78, 5) is 23.0. The molecule has 0 saturated carbocycles. The van der Waals surface area contributed by atoms with Crippen LogP contribution in [0, 0.1) is 0 Å². The van der Waals surface area contributed by atoms with E-state index in [1.165, 1.54) is 0 Å². The second-order valence-electron chi connectivity index (χ2n) is 9.72. The number of rotatable bonds is 4. The second kappa shape index (κ2) is 8.99. The number of hydrogen-bond donors (Lipinski definition) is 1. The Labute approximate surface area is 229 Å². The van der Waals surface area contributed by atoms with Gasteiger partial charge in [0.1, 0.15) is 0 Å². The maximum atomic E-state index is 5.04. The fraction of sp³-hybridized carbons (Fsp3) is 0. The van der Waals surface area contributed by atoms with Crippen molar-refractivity contribution in [1.29, 1.82) is 0 Å². The van der Waals surface area contributed by atoms with Gasteiger partial charge < -0.3 is 4.98 Å². The SMILES string of the molecule is c1ccc(-c2nc(-c3ccccc3)nc(-n3cc(-c4ccccc4)c4ccc5[nH]c6ccncc6c5c43)n2)cc1. The van der Waals surface area contributed by atoms with E-state index in [1.54, 1.807) is 0 Å². The van der Waals surface area contributed by atoms with E-state index in [0.29, 0.717) is 17.6 Å². The van der Waals surface area contributed by atoms with Gasteiger partial charge in [0, 0.05) is 62.5 Å². The van der Waals surface area contributed by atoms with Crippen LogP contribution in [-0.4, -0.2) is 29.5 Å². The highest BCUT2D eigenvalue weighted by atomic mass is 15.2. The van der Waals surface area contributed by atoms with Crippen LogP contribution in [0.5, 0.6) is 0 Å². The minimum atomic E-state index is 0.561. The monoisotopic (exact) mass is 514 g/mol. The van der Waals surface area contributed by atoms with Crippen LogP contribution in [0.4, 0.5) is 0 Å². The van der Waals surface area contributed by atoms with E-state index in [4.69, 9.17) is 15.0 Å². The third-order valence-corrected chi connectivity index (χ3v) is 7.31. The lowest BCUT2D eigenvalue weighted by Gasteiger charge is -2.10. The molecule has 4 heterocycles. The molecule has 8 aromatic rings. The summed E-state index contributed by atoms with van der Waals surface area (Å²) in [6.07, 6.45) is 5.88. The van der Waals surface area contributed by atoms with E-state index in [-0.39, 0.29) is 0 Å². The van der Waals surface area contributed by atoms with Crippen molar-refractivity contribution >= 4 is 32.7 Å². The van der Waals surface area contributed by atoms with Crippen molar-refractivity contribution in [3.63, 3.8) is 0 Å². The molecular weight excluding hydrogens is 492 g/mol. The van der Waals surface area contributed by atoms with Gasteiger partial charge in [-0.3, -0.25) is 9.55 Å². The number of pyridine rings is 1. The van der Waals surface area contributed by atoms with Crippen molar-refractivity contribution in [3.8, 4) is 39.9 Å². The topological polar surface area (TPSA) is 72.3 Å². The van der Waals surface area contributed by atoms with E-state index in [2.05, 4.69) is 57.1 Å². The molecule has 4 aromatic carbocycles. The van der Waals surface area contributed by atoms with E-state index < -0.39 is 0 Å². The predicted octanol–water partition coefficient (Wildman–Crippen LogP) is 7.85. The zero-order chi connectivity index (χ0) is 26.5. The molecule has 188 valence electrons. The fourth-order valence-corrected chi connectivity index (χ4v) is 5.46. The van der Waals surface area contributed by atoms with Crippen LogP contribution in [0.2, 0.25) is 0 Å². The first-order chi connectivity index (χ1) is 19.8. The molecule has 0 fully saturated rings. The first-order valence-corrected chi connectivity index (χ1v) is 13.2. The molecule has 0 aliphatic rings. The number of hydrogen-bond acceptors (Lipinski definition) is 4. The third-order valence-electron chi connectivity index (χ3n) is 7.31. The van der Waals surface area contributed by atoms with Crippen molar-refractivity contribution in [3.05, 3.63) is 128 Å². The summed E-state index contributed by atoms with van der Waals surface area (Å²) in [6.45, 7) is 0. The molecule has 8 rings (SSSR count). The van der Waals surface area contributed by atoms with Crippen molar-refractivity contribution in [1.82, 2.24) is 29.5 Å². The summed E-state index contributed by atoms with van der Waals surface area (Å²) in [5.74, 6) is 1.81. The van der Waals surface area contributed by atoms with Crippen LogP contribution < -0.4 is 0 Å². The Morgan fingerprint density at radius 1 is 0.550 bits per heavy atom. The molecule has 0 atom stereocenters. The standard InChI is InChI=1S/C34H22N6/c1-4-10-22(11-5-1)27-21-40(31-25(27)16-17-29-30(31)26-20-35-19-18-28(26)36-29)34-38-32(23-12-6-2-7-13-23)37-33(39-34)24-14-8-3-9-15-24/h1-21,36H. The zero-order valence-corrected chi connectivity index (χ0v) is 21.4. The Bertz CT molecular complexity index is 2090. The number of aromatic nitrogens is 6. The summed E-state index contributed by atoms with van der Waals surface area (Å²) >= 11 is 0. The lowest BCUT2D eigenvalue weighted by Crippen LogP contribution is -2.05. The highest BCUT2D eigenvalue weighted by molar-refractivity contribution is 6.21. The largest absolute Gasteiger partial charge is 0.354 e. The minimum Gasteiger partial charge on any atom is -0.354 e. The number of benzene rings is 4. The van der Waals surface area contributed by atoms with E-state index in [0.717, 1.165) is 55.0 Å². The summed E-state index contributed by atoms with van der Waals surface area (Å²) in [5, 5.41) is 3.26. The van der Waals surface area contributed by atoms with Gasteiger partial charge in [-0.2, -0.15) is 9.97 Å². The molecular formula is C34H22N6. The lowest BCUT2D eigenvalue weighted by molar-refractivity contribution is 0.936. The molecule has 0 amide bonds. The predicted molar refractivity (Wildman–Crippen MR) is 160 cm³/mol. The van der Waals surface area contributed by atoms with Gasteiger partial charge in [0.2, 0.25) is 5.95 Å². The van der Waals surface area contributed by atoms with Gasteiger partial charge in [0.05, 0.1) is 5.52 Å². The number of fused-ring (bicyclic) bond motifs is 5. The number of nitrogens with zero attached hydrogens (tertiary/aromatic N) is 5. The van der Waals surface area contributed by atoms with Crippen LogP contribution in [0.3, 0.4) is 0 Å². The third kappa shape index (κ3) is 3.58. The van der Waals surface area contributed by atoms with Crippen LogP contribution in [-0.2, 0) is 0 Å². The summed E-state index contributed by atoms with van der Waals surface area (Å²) in [5.41, 5.74) is 7.21. The average Bonchev–Trinajstić information content (AvgIpc) is 3.61. The van der Waals surface area contributed by atoms with Gasteiger partial charge in [-0.25, -0.2) is 4.98 Å². The molecule has 0 bridgehead atoms. The Morgan fingerprint density at radius 3 is 1.82 bits per heavy atom. The second-order valence-corrected chi connectivity index (χ2v) is 9.72. The smallest absolute Gasteiger partial charge is 0.238 e. The minimum absolute atomic E-state index is 0.561. The molecule has 40 heavy (non-hydrogen) atoms. The Kier molecular flexibility index (Phi) is 5.03. The molecule has 0 aliphatic carbocycles. The zero-order valence-electron chi connectivity index (χ0n) is 21.4. The first-order valence-electron chi connectivity index (χ1n) is 13.2. The maximum absolute atomic E-state index is 5.04. The Balaban J connectivity index is 1.50. The van der Waals surface area contributed by atoms with Gasteiger partial charge in [0.25, 0.3) is 0 Å². The van der Waals surface area contributed by atoms with E-state index in [9.17, 15) is 0 Å². The Morgan fingerprint density at radius 2 is 1.18 bits per heavy atom. The summed E-state index contributed by atoms with van der Waals surface area (Å²) < 4.78 is 2.11. The van der Waals surface area contributed by atoms with E-state index >= 15 is 0 Å². The van der Waals surface area contributed by atoms with Crippen molar-refractivity contribution < 1.29 is 0 Å². The van der Waals surface area contributed by atoms with Crippen LogP contribution >= 0.6 is 0 Å². The van der Waals surface area contributed by atoms with Gasteiger partial charge in [-0.15, -0.1) is 0 Å².